The van der Waals surface area contributed by atoms with Crippen LogP contribution in [0.2, 0.25) is 0 Å². The summed E-state index contributed by atoms with van der Waals surface area (Å²) in [6.45, 7) is 11.3. The summed E-state index contributed by atoms with van der Waals surface area (Å²) < 4.78 is 21.5. The summed E-state index contributed by atoms with van der Waals surface area (Å²) in [6, 6.07) is 35.5. The SMILES string of the molecule is O=C(c1cc2c(ccc3cnc(NCCc4ccc(F)cc4)nc32)s1)N1CCNCC1.O=C(c1cc2c(ccc3cnc(NCCc4ccc(O)cc4)nc32)s1)N1CCNCC1.O=C(c1cc2c(ccc3cnc(NCc4ccco4)nc32)s1)N1CCNCC1. The lowest BCUT2D eigenvalue weighted by molar-refractivity contribution is 0.0733. The second kappa shape index (κ2) is 27.6. The quantitative estimate of drug-likeness (QED) is 0.0535. The molecule has 0 atom stereocenters. The van der Waals surface area contributed by atoms with E-state index in [9.17, 15) is 23.9 Å². The van der Waals surface area contributed by atoms with Gasteiger partial charge in [0.05, 0.1) is 44.0 Å². The number of aromatic nitrogens is 6. The van der Waals surface area contributed by atoms with Gasteiger partial charge in [0.2, 0.25) is 17.8 Å². The van der Waals surface area contributed by atoms with E-state index in [0.717, 1.165) is 186 Å². The van der Waals surface area contributed by atoms with Crippen molar-refractivity contribution in [1.29, 1.82) is 0 Å². The van der Waals surface area contributed by atoms with Crippen LogP contribution < -0.4 is 31.9 Å². The number of phenols is 1. The molecule has 7 aromatic heterocycles. The van der Waals surface area contributed by atoms with E-state index < -0.39 is 0 Å². The van der Waals surface area contributed by atoms with Gasteiger partial charge in [-0.05, 0) is 115 Å². The lowest BCUT2D eigenvalue weighted by atomic mass is 10.1. The monoisotopic (exact) mass is 1260 g/mol. The molecule has 3 saturated heterocycles. The molecule has 20 nitrogen and oxygen atoms in total. The fourth-order valence-corrected chi connectivity index (χ4v) is 14.1. The van der Waals surface area contributed by atoms with Gasteiger partial charge in [-0.15, -0.1) is 34.0 Å². The second-order valence-corrected chi connectivity index (χ2v) is 25.1. The Labute approximate surface area is 528 Å². The van der Waals surface area contributed by atoms with Crippen LogP contribution >= 0.6 is 34.0 Å². The molecule has 5 aromatic carbocycles. The lowest BCUT2D eigenvalue weighted by Crippen LogP contribution is -2.46. The Balaban J connectivity index is 0.000000124. The van der Waals surface area contributed by atoms with Crippen LogP contribution in [-0.2, 0) is 19.4 Å². The Morgan fingerprint density at radius 1 is 0.500 bits per heavy atom. The molecule has 10 heterocycles. The molecule has 458 valence electrons. The number of halogens is 1. The van der Waals surface area contributed by atoms with Gasteiger partial charge in [-0.25, -0.2) is 34.3 Å². The number of aromatic hydroxyl groups is 1. The van der Waals surface area contributed by atoms with Crippen molar-refractivity contribution in [3.8, 4) is 5.75 Å². The van der Waals surface area contributed by atoms with Crippen LogP contribution in [0.5, 0.6) is 5.75 Å². The molecular weight excluding hydrogens is 1200 g/mol. The number of hydrogen-bond acceptors (Lipinski definition) is 20. The molecule has 0 unspecified atom stereocenters. The molecule has 3 amide bonds. The summed E-state index contributed by atoms with van der Waals surface area (Å²) in [7, 11) is 0. The highest BCUT2D eigenvalue weighted by molar-refractivity contribution is 7.21. The maximum absolute atomic E-state index is 13.0. The minimum Gasteiger partial charge on any atom is -0.508 e. The van der Waals surface area contributed by atoms with Gasteiger partial charge in [-0.1, -0.05) is 24.3 Å². The Bertz CT molecular complexity index is 4310. The minimum absolute atomic E-state index is 0.0857. The number of rotatable bonds is 14. The first-order chi connectivity index (χ1) is 44.1. The number of benzene rings is 5. The topological polar surface area (TPSA) is 244 Å². The first-order valence-corrected chi connectivity index (χ1v) is 32.4. The average Bonchev–Trinajstić information content (AvgIpc) is 1.90. The smallest absolute Gasteiger partial charge is 0.264 e. The molecule has 0 spiro atoms. The molecule has 24 heteroatoms. The molecule has 12 aromatic rings. The zero-order valence-corrected chi connectivity index (χ0v) is 51.5. The van der Waals surface area contributed by atoms with Crippen LogP contribution in [0.25, 0.3) is 63.0 Å². The Morgan fingerprint density at radius 2 is 0.878 bits per heavy atom. The van der Waals surface area contributed by atoms with Crippen molar-refractivity contribution >= 4 is 133 Å². The van der Waals surface area contributed by atoms with E-state index in [1.54, 1.807) is 36.7 Å². The average molecular weight is 1260 g/mol. The molecule has 15 rings (SSSR count). The molecule has 0 saturated carbocycles. The summed E-state index contributed by atoms with van der Waals surface area (Å²) in [4.78, 5) is 74.1. The van der Waals surface area contributed by atoms with E-state index in [0.29, 0.717) is 37.5 Å². The third kappa shape index (κ3) is 13.9. The number of furan rings is 1. The first kappa shape index (κ1) is 59.7. The van der Waals surface area contributed by atoms with E-state index >= 15 is 0 Å². The molecule has 0 radical (unpaired) electrons. The van der Waals surface area contributed by atoms with Crippen LogP contribution in [0.3, 0.4) is 0 Å². The van der Waals surface area contributed by atoms with Gasteiger partial charge >= 0.3 is 0 Å². The summed E-state index contributed by atoms with van der Waals surface area (Å²) in [5.74, 6) is 2.79. The highest BCUT2D eigenvalue weighted by atomic mass is 32.1. The van der Waals surface area contributed by atoms with Crippen molar-refractivity contribution in [2.45, 2.75) is 19.4 Å². The number of piperazine rings is 3. The minimum atomic E-state index is -0.232. The van der Waals surface area contributed by atoms with Crippen molar-refractivity contribution in [3.63, 3.8) is 0 Å². The van der Waals surface area contributed by atoms with Gasteiger partial charge in [-0.2, -0.15) is 0 Å². The molecule has 0 aliphatic carbocycles. The van der Waals surface area contributed by atoms with Crippen molar-refractivity contribution in [2.24, 2.45) is 0 Å². The predicted octanol–water partition coefficient (Wildman–Crippen LogP) is 10.0. The molecule has 3 aliphatic heterocycles. The third-order valence-corrected chi connectivity index (χ3v) is 19.1. The van der Waals surface area contributed by atoms with Crippen LogP contribution in [0.15, 0.2) is 145 Å². The van der Waals surface area contributed by atoms with E-state index in [4.69, 9.17) is 19.4 Å². The maximum atomic E-state index is 13.0. The number of thiophene rings is 3. The molecule has 3 aliphatic rings. The lowest BCUT2D eigenvalue weighted by Gasteiger charge is -2.26. The van der Waals surface area contributed by atoms with E-state index in [1.165, 1.54) is 46.1 Å². The molecule has 7 N–H and O–H groups in total. The standard InChI is InChI=1S/C23H22FN5OS.C23H23N5O2S.C20H19N5O2S/c24-17-4-1-15(2-5-17)7-8-26-23-27-14-16-3-6-19-18(21(16)28-23)13-20(31-19)22(30)29-11-9-25-10-12-29;29-17-4-1-15(2-5-17)7-8-25-23-26-14-16-3-6-19-18(21(16)27-23)13-20(31-19)22(30)28-11-9-24-10-12-28;26-19(25-7-5-21-6-8-25)17-10-15-16(28-17)4-3-13-11-22-20(24-18(13)15)23-12-14-2-1-9-27-14/h1-6,13-14,25H,7-12H2,(H,26,27,28);1-6,13-14,24,29H,7-12H2,(H,25,26,27);1-4,9-11,21H,5-8,12H2,(H,22,23,24). The summed E-state index contributed by atoms with van der Waals surface area (Å²) in [5, 5.41) is 34.8. The fraction of sp³-hybridized carbons (Fsp3) is 0.258. The summed E-state index contributed by atoms with van der Waals surface area (Å²) in [5.41, 5.74) is 4.72. The van der Waals surface area contributed by atoms with Gasteiger partial charge in [0.25, 0.3) is 17.7 Å². The van der Waals surface area contributed by atoms with E-state index in [-0.39, 0.29) is 29.3 Å². The van der Waals surface area contributed by atoms with Crippen LogP contribution in [-0.4, -0.2) is 159 Å². The summed E-state index contributed by atoms with van der Waals surface area (Å²) >= 11 is 4.56. The number of fused-ring (bicyclic) bond motifs is 9. The normalized spacial score (nSPS) is 14.4. The number of anilines is 3. The van der Waals surface area contributed by atoms with Gasteiger partial charge in [0, 0.05) is 157 Å². The van der Waals surface area contributed by atoms with Crippen molar-refractivity contribution < 1.29 is 28.3 Å². The molecular formula is C66H64FN15O5S3. The zero-order chi connectivity index (χ0) is 61.3. The molecule has 90 heavy (non-hydrogen) atoms. The van der Waals surface area contributed by atoms with Crippen LogP contribution in [0.4, 0.5) is 22.2 Å². The van der Waals surface area contributed by atoms with Gasteiger partial charge in [0.15, 0.2) is 0 Å². The summed E-state index contributed by atoms with van der Waals surface area (Å²) in [6.07, 6.45) is 8.62. The number of nitrogens with zero attached hydrogens (tertiary/aromatic N) is 9. The first-order valence-electron chi connectivity index (χ1n) is 30.0. The van der Waals surface area contributed by atoms with Crippen LogP contribution in [0, 0.1) is 5.82 Å². The number of carbonyl (C=O) groups excluding carboxylic acids is 3. The molecule has 0 bridgehead atoms. The van der Waals surface area contributed by atoms with Gasteiger partial charge < -0.3 is 56.1 Å². The predicted molar refractivity (Wildman–Crippen MR) is 356 cm³/mol. The van der Waals surface area contributed by atoms with Crippen molar-refractivity contribution in [2.75, 3.05) is 108 Å². The number of nitrogens with one attached hydrogen (secondary N) is 6. The number of phenolic OH excluding ortho intramolecular Hbond substituents is 1. The third-order valence-electron chi connectivity index (χ3n) is 15.8. The zero-order valence-electron chi connectivity index (χ0n) is 49.0. The van der Waals surface area contributed by atoms with Gasteiger partial charge in [0.1, 0.15) is 17.3 Å². The van der Waals surface area contributed by atoms with Crippen molar-refractivity contribution in [1.82, 2.24) is 60.6 Å². The Hall–Kier alpha value is -9.30. The van der Waals surface area contributed by atoms with Gasteiger partial charge in [-0.3, -0.25) is 14.4 Å². The maximum Gasteiger partial charge on any atom is 0.264 e. The Morgan fingerprint density at radius 3 is 1.26 bits per heavy atom. The second-order valence-electron chi connectivity index (χ2n) is 21.9. The largest absolute Gasteiger partial charge is 0.508 e. The van der Waals surface area contributed by atoms with Crippen molar-refractivity contribution in [3.05, 3.63) is 177 Å². The number of carbonyl (C=O) groups is 3. The highest BCUT2D eigenvalue weighted by Crippen LogP contribution is 2.35. The Kier molecular flexibility index (Phi) is 18.3. The van der Waals surface area contributed by atoms with E-state index in [1.807, 2.05) is 106 Å². The number of hydrogen-bond donors (Lipinski definition) is 7. The number of amides is 3. The molecule has 3 fully saturated rings. The fourth-order valence-electron chi connectivity index (χ4n) is 11.0. The van der Waals surface area contributed by atoms with Crippen LogP contribution in [0.1, 0.15) is 45.9 Å². The van der Waals surface area contributed by atoms with E-state index in [2.05, 4.69) is 46.9 Å². The highest BCUT2D eigenvalue weighted by Gasteiger charge is 2.24.